The molecule has 0 unspecified atom stereocenters. The van der Waals surface area contributed by atoms with Crippen molar-refractivity contribution in [2.75, 3.05) is 13.2 Å². The number of halogens is 1. The molecule has 2 aliphatic rings. The van der Waals surface area contributed by atoms with Crippen molar-refractivity contribution in [3.63, 3.8) is 0 Å². The lowest BCUT2D eigenvalue weighted by molar-refractivity contribution is -0.120. The van der Waals surface area contributed by atoms with E-state index in [9.17, 15) is 4.79 Å². The third-order valence-electron chi connectivity index (χ3n) is 5.33. The molecule has 0 saturated heterocycles. The second-order valence-electron chi connectivity index (χ2n) is 8.15. The molecule has 2 aliphatic carbocycles. The highest BCUT2D eigenvalue weighted by Crippen LogP contribution is 2.31. The summed E-state index contributed by atoms with van der Waals surface area (Å²) in [7, 11) is 0. The molecule has 2 saturated carbocycles. The number of nitrogens with one attached hydrogen (secondary N) is 1. The Morgan fingerprint density at radius 1 is 1.14 bits per heavy atom. The summed E-state index contributed by atoms with van der Waals surface area (Å²) < 4.78 is 17.8. The van der Waals surface area contributed by atoms with E-state index in [1.807, 2.05) is 25.1 Å². The van der Waals surface area contributed by atoms with Crippen LogP contribution in [0.25, 0.3) is 0 Å². The molecule has 1 aromatic rings. The van der Waals surface area contributed by atoms with E-state index in [-0.39, 0.29) is 24.2 Å². The zero-order valence-corrected chi connectivity index (χ0v) is 17.7. The average molecular weight is 410 g/mol. The van der Waals surface area contributed by atoms with E-state index in [0.29, 0.717) is 18.2 Å². The van der Waals surface area contributed by atoms with Crippen LogP contribution in [0.3, 0.4) is 0 Å². The molecule has 1 N–H and O–H groups in total. The van der Waals surface area contributed by atoms with Gasteiger partial charge in [-0.3, -0.25) is 4.79 Å². The van der Waals surface area contributed by atoms with Crippen LogP contribution < -0.4 is 10.1 Å². The quantitative estimate of drug-likeness (QED) is 0.618. The predicted octanol–water partition coefficient (Wildman–Crippen LogP) is 4.50. The normalized spacial score (nSPS) is 23.2. The summed E-state index contributed by atoms with van der Waals surface area (Å²) in [5, 5.41) is 3.55. The van der Waals surface area contributed by atoms with Gasteiger partial charge in [0.15, 0.2) is 0 Å². The molecule has 1 amide bonds. The molecule has 156 valence electrons. The Kier molecular flexibility index (Phi) is 8.00. The molecular formula is C22H32ClNO4. The fourth-order valence-corrected chi connectivity index (χ4v) is 3.70. The predicted molar refractivity (Wildman–Crippen MR) is 110 cm³/mol. The minimum absolute atomic E-state index is 0.0191. The van der Waals surface area contributed by atoms with Crippen molar-refractivity contribution >= 4 is 17.5 Å². The van der Waals surface area contributed by atoms with Crippen molar-refractivity contribution in [1.29, 1.82) is 0 Å². The Hall–Kier alpha value is -1.30. The summed E-state index contributed by atoms with van der Waals surface area (Å²) in [4.78, 5) is 11.0. The maximum atomic E-state index is 11.0. The Morgan fingerprint density at radius 3 is 2.43 bits per heavy atom. The highest BCUT2D eigenvalue weighted by molar-refractivity contribution is 6.31. The van der Waals surface area contributed by atoms with E-state index in [0.717, 1.165) is 49.5 Å². The zero-order valence-electron chi connectivity index (χ0n) is 16.9. The zero-order chi connectivity index (χ0) is 19.9. The van der Waals surface area contributed by atoms with Gasteiger partial charge < -0.3 is 19.5 Å². The summed E-state index contributed by atoms with van der Waals surface area (Å²) in [5.41, 5.74) is 1.00. The fourth-order valence-electron chi connectivity index (χ4n) is 3.48. The number of hydrogen-bond acceptors (Lipinski definition) is 4. The number of hydrogen-bond donors (Lipinski definition) is 1. The molecule has 0 spiro atoms. The van der Waals surface area contributed by atoms with Gasteiger partial charge in [-0.15, -0.1) is 0 Å². The SMILES string of the molecule is CC(=O)N[C@@H](C)COC1CCC(OCc2ccc(OCC3CC3)cc2Cl)CC1. The smallest absolute Gasteiger partial charge is 0.217 e. The van der Waals surface area contributed by atoms with Crippen molar-refractivity contribution in [2.45, 2.75) is 77.2 Å². The maximum Gasteiger partial charge on any atom is 0.217 e. The Labute approximate surface area is 173 Å². The summed E-state index contributed by atoms with van der Waals surface area (Å²) in [6, 6.07) is 5.92. The van der Waals surface area contributed by atoms with Gasteiger partial charge in [0, 0.05) is 18.0 Å². The molecule has 28 heavy (non-hydrogen) atoms. The molecular weight excluding hydrogens is 378 g/mol. The van der Waals surface area contributed by atoms with Crippen molar-refractivity contribution in [2.24, 2.45) is 5.92 Å². The highest BCUT2D eigenvalue weighted by Gasteiger charge is 2.23. The Bertz CT molecular complexity index is 641. The van der Waals surface area contributed by atoms with Gasteiger partial charge in [0.05, 0.1) is 32.0 Å². The van der Waals surface area contributed by atoms with Crippen LogP contribution >= 0.6 is 11.6 Å². The molecule has 1 aromatic carbocycles. The number of rotatable bonds is 10. The summed E-state index contributed by atoms with van der Waals surface area (Å²) >= 11 is 6.40. The van der Waals surface area contributed by atoms with Crippen molar-refractivity contribution < 1.29 is 19.0 Å². The van der Waals surface area contributed by atoms with Crippen LogP contribution in [0.5, 0.6) is 5.75 Å². The molecule has 0 radical (unpaired) electrons. The van der Waals surface area contributed by atoms with E-state index in [4.69, 9.17) is 25.8 Å². The standard InChI is InChI=1S/C22H32ClNO4/c1-15(24-16(2)25)12-26-19-7-9-20(10-8-19)28-14-18-5-6-21(11-22(18)23)27-13-17-3-4-17/h5-6,11,15,17,19-20H,3-4,7-10,12-14H2,1-2H3,(H,24,25)/t15-,19?,20?/m0/s1. The van der Waals surface area contributed by atoms with Crippen molar-refractivity contribution in [3.05, 3.63) is 28.8 Å². The topological polar surface area (TPSA) is 56.8 Å². The van der Waals surface area contributed by atoms with E-state index in [1.54, 1.807) is 0 Å². The lowest BCUT2D eigenvalue weighted by Crippen LogP contribution is -2.36. The van der Waals surface area contributed by atoms with Crippen LogP contribution in [0.15, 0.2) is 18.2 Å². The number of benzene rings is 1. The van der Waals surface area contributed by atoms with Gasteiger partial charge in [-0.25, -0.2) is 0 Å². The minimum Gasteiger partial charge on any atom is -0.493 e. The van der Waals surface area contributed by atoms with Gasteiger partial charge in [0.1, 0.15) is 5.75 Å². The van der Waals surface area contributed by atoms with Gasteiger partial charge in [-0.2, -0.15) is 0 Å². The average Bonchev–Trinajstić information content (AvgIpc) is 3.49. The number of carbonyl (C=O) groups excluding carboxylic acids is 1. The number of amides is 1. The lowest BCUT2D eigenvalue weighted by Gasteiger charge is -2.29. The third-order valence-corrected chi connectivity index (χ3v) is 5.69. The first-order valence-electron chi connectivity index (χ1n) is 10.4. The maximum absolute atomic E-state index is 11.0. The van der Waals surface area contributed by atoms with Crippen molar-refractivity contribution in [3.8, 4) is 5.75 Å². The van der Waals surface area contributed by atoms with Crippen LogP contribution in [-0.2, 0) is 20.9 Å². The molecule has 0 heterocycles. The monoisotopic (exact) mass is 409 g/mol. The Balaban J connectivity index is 1.34. The molecule has 1 atom stereocenters. The van der Waals surface area contributed by atoms with Gasteiger partial charge in [-0.05, 0) is 69.1 Å². The van der Waals surface area contributed by atoms with Crippen LogP contribution in [0.2, 0.25) is 5.02 Å². The van der Waals surface area contributed by atoms with Gasteiger partial charge in [-0.1, -0.05) is 17.7 Å². The Morgan fingerprint density at radius 2 is 1.82 bits per heavy atom. The minimum atomic E-state index is -0.0191. The first kappa shape index (κ1) is 21.4. The highest BCUT2D eigenvalue weighted by atomic mass is 35.5. The summed E-state index contributed by atoms with van der Waals surface area (Å²) in [5.74, 6) is 1.55. The lowest BCUT2D eigenvalue weighted by atomic mass is 9.95. The summed E-state index contributed by atoms with van der Waals surface area (Å²) in [6.45, 7) is 5.36. The molecule has 5 nitrogen and oxygen atoms in total. The first-order chi connectivity index (χ1) is 13.5. The summed E-state index contributed by atoms with van der Waals surface area (Å²) in [6.07, 6.45) is 7.00. The van der Waals surface area contributed by atoms with Crippen LogP contribution in [0.4, 0.5) is 0 Å². The van der Waals surface area contributed by atoms with Gasteiger partial charge in [0.25, 0.3) is 0 Å². The van der Waals surface area contributed by atoms with Gasteiger partial charge in [0.2, 0.25) is 5.91 Å². The largest absolute Gasteiger partial charge is 0.493 e. The third kappa shape index (κ3) is 7.26. The second kappa shape index (κ2) is 10.5. The first-order valence-corrected chi connectivity index (χ1v) is 10.8. The van der Waals surface area contributed by atoms with E-state index in [2.05, 4.69) is 5.32 Å². The van der Waals surface area contributed by atoms with Crippen molar-refractivity contribution in [1.82, 2.24) is 5.32 Å². The molecule has 6 heteroatoms. The van der Waals surface area contributed by atoms with Crippen LogP contribution in [0.1, 0.15) is 57.9 Å². The molecule has 2 fully saturated rings. The van der Waals surface area contributed by atoms with E-state index >= 15 is 0 Å². The van der Waals surface area contributed by atoms with Gasteiger partial charge >= 0.3 is 0 Å². The second-order valence-corrected chi connectivity index (χ2v) is 8.56. The van der Waals surface area contributed by atoms with Crippen LogP contribution in [0, 0.1) is 5.92 Å². The molecule has 0 aromatic heterocycles. The molecule has 0 aliphatic heterocycles. The van der Waals surface area contributed by atoms with E-state index < -0.39 is 0 Å². The molecule has 3 rings (SSSR count). The van der Waals surface area contributed by atoms with Crippen LogP contribution in [-0.4, -0.2) is 37.4 Å². The van der Waals surface area contributed by atoms with E-state index in [1.165, 1.54) is 19.8 Å². The molecule has 0 bridgehead atoms. The number of ether oxygens (including phenoxy) is 3. The number of carbonyl (C=O) groups is 1. The fraction of sp³-hybridized carbons (Fsp3) is 0.682.